The largest absolute Gasteiger partial charge is 0.492 e. The number of benzene rings is 2. The van der Waals surface area contributed by atoms with E-state index in [4.69, 9.17) is 27.9 Å². The van der Waals surface area contributed by atoms with Crippen molar-refractivity contribution in [2.24, 2.45) is 0 Å². The minimum atomic E-state index is 0.547. The Bertz CT molecular complexity index is 502. The van der Waals surface area contributed by atoms with Crippen LogP contribution in [0.1, 0.15) is 0 Å². The Kier molecular flexibility index (Phi) is 4.73. The average molecular weight is 282 g/mol. The van der Waals surface area contributed by atoms with Crippen molar-refractivity contribution in [3.8, 4) is 5.75 Å². The molecule has 18 heavy (non-hydrogen) atoms. The maximum atomic E-state index is 5.92. The maximum Gasteiger partial charge on any atom is 0.119 e. The van der Waals surface area contributed by atoms with Crippen LogP contribution in [0.4, 0.5) is 5.69 Å². The van der Waals surface area contributed by atoms with Crippen LogP contribution in [0.25, 0.3) is 0 Å². The van der Waals surface area contributed by atoms with E-state index in [0.29, 0.717) is 23.2 Å². The van der Waals surface area contributed by atoms with Gasteiger partial charge in [-0.3, -0.25) is 0 Å². The lowest BCUT2D eigenvalue weighted by Crippen LogP contribution is -2.11. The lowest BCUT2D eigenvalue weighted by molar-refractivity contribution is 0.333. The van der Waals surface area contributed by atoms with Gasteiger partial charge in [0.2, 0.25) is 0 Å². The number of ether oxygens (including phenoxy) is 1. The lowest BCUT2D eigenvalue weighted by atomic mass is 10.3. The lowest BCUT2D eigenvalue weighted by Gasteiger charge is -2.09. The van der Waals surface area contributed by atoms with Gasteiger partial charge < -0.3 is 10.1 Å². The molecule has 2 rings (SSSR count). The van der Waals surface area contributed by atoms with Gasteiger partial charge in [-0.2, -0.15) is 0 Å². The van der Waals surface area contributed by atoms with Crippen LogP contribution in [0.15, 0.2) is 48.5 Å². The van der Waals surface area contributed by atoms with E-state index >= 15 is 0 Å². The molecule has 2 aromatic carbocycles. The van der Waals surface area contributed by atoms with Gasteiger partial charge in [-0.15, -0.1) is 0 Å². The molecule has 0 amide bonds. The molecular weight excluding hydrogens is 269 g/mol. The van der Waals surface area contributed by atoms with E-state index in [2.05, 4.69) is 5.32 Å². The molecule has 0 aliphatic heterocycles. The summed E-state index contributed by atoms with van der Waals surface area (Å²) in [5.74, 6) is 0.869. The summed E-state index contributed by atoms with van der Waals surface area (Å²) in [6.07, 6.45) is 0. The first-order chi connectivity index (χ1) is 8.75. The monoisotopic (exact) mass is 281 g/mol. The highest BCUT2D eigenvalue weighted by Crippen LogP contribution is 2.24. The van der Waals surface area contributed by atoms with E-state index in [1.165, 1.54) is 0 Å². The first-order valence-electron chi connectivity index (χ1n) is 5.62. The second kappa shape index (κ2) is 6.53. The summed E-state index contributed by atoms with van der Waals surface area (Å²) < 4.78 is 5.56. The number of hydrogen-bond donors (Lipinski definition) is 1. The predicted molar refractivity (Wildman–Crippen MR) is 76.9 cm³/mol. The van der Waals surface area contributed by atoms with Crippen LogP contribution in [0.5, 0.6) is 5.75 Å². The summed E-state index contributed by atoms with van der Waals surface area (Å²) in [7, 11) is 0. The minimum Gasteiger partial charge on any atom is -0.492 e. The van der Waals surface area contributed by atoms with E-state index in [9.17, 15) is 0 Å². The molecule has 94 valence electrons. The molecule has 0 saturated heterocycles. The van der Waals surface area contributed by atoms with E-state index in [0.717, 1.165) is 11.4 Å². The smallest absolute Gasteiger partial charge is 0.119 e. The number of para-hydroxylation sites is 1. The zero-order valence-corrected chi connectivity index (χ0v) is 11.2. The molecule has 0 atom stereocenters. The van der Waals surface area contributed by atoms with Crippen LogP contribution >= 0.6 is 23.2 Å². The standard InChI is InChI=1S/C14H13Cl2NO/c15-13-7-6-11(10-14(13)16)17-8-9-18-12-4-2-1-3-5-12/h1-7,10,17H,8-9H2. The van der Waals surface area contributed by atoms with Gasteiger partial charge in [-0.05, 0) is 30.3 Å². The van der Waals surface area contributed by atoms with E-state index in [1.807, 2.05) is 36.4 Å². The highest BCUT2D eigenvalue weighted by molar-refractivity contribution is 6.42. The van der Waals surface area contributed by atoms with Crippen LogP contribution in [-0.2, 0) is 0 Å². The summed E-state index contributed by atoms with van der Waals surface area (Å²) in [6, 6.07) is 15.2. The van der Waals surface area contributed by atoms with Crippen molar-refractivity contribution in [3.63, 3.8) is 0 Å². The van der Waals surface area contributed by atoms with Gasteiger partial charge in [-0.1, -0.05) is 41.4 Å². The molecule has 4 heteroatoms. The molecule has 0 heterocycles. The van der Waals surface area contributed by atoms with Crippen molar-refractivity contribution in [1.29, 1.82) is 0 Å². The Hall–Kier alpha value is -1.38. The quantitative estimate of drug-likeness (QED) is 0.816. The van der Waals surface area contributed by atoms with Gasteiger partial charge in [0.1, 0.15) is 12.4 Å². The van der Waals surface area contributed by atoms with Crippen molar-refractivity contribution in [2.45, 2.75) is 0 Å². The van der Waals surface area contributed by atoms with Gasteiger partial charge >= 0.3 is 0 Å². The normalized spacial score (nSPS) is 10.1. The summed E-state index contributed by atoms with van der Waals surface area (Å²) in [5, 5.41) is 4.32. The number of rotatable bonds is 5. The van der Waals surface area contributed by atoms with Gasteiger partial charge in [0.05, 0.1) is 10.0 Å². The molecule has 0 unspecified atom stereocenters. The van der Waals surface area contributed by atoms with Gasteiger partial charge in [-0.25, -0.2) is 0 Å². The number of anilines is 1. The highest BCUT2D eigenvalue weighted by Gasteiger charge is 1.98. The molecule has 0 radical (unpaired) electrons. The van der Waals surface area contributed by atoms with Gasteiger partial charge in [0.25, 0.3) is 0 Å². The SMILES string of the molecule is Clc1ccc(NCCOc2ccccc2)cc1Cl. The van der Waals surface area contributed by atoms with Crippen molar-refractivity contribution in [2.75, 3.05) is 18.5 Å². The van der Waals surface area contributed by atoms with E-state index in [1.54, 1.807) is 12.1 Å². The predicted octanol–water partition coefficient (Wildman–Crippen LogP) is 4.48. The Morgan fingerprint density at radius 3 is 2.44 bits per heavy atom. The topological polar surface area (TPSA) is 21.3 Å². The summed E-state index contributed by atoms with van der Waals surface area (Å²) >= 11 is 11.8. The molecule has 0 bridgehead atoms. The second-order valence-corrected chi connectivity index (χ2v) is 4.53. The molecule has 0 aliphatic carbocycles. The van der Waals surface area contributed by atoms with Crippen LogP contribution in [0.2, 0.25) is 10.0 Å². The fraction of sp³-hybridized carbons (Fsp3) is 0.143. The number of nitrogens with one attached hydrogen (secondary N) is 1. The van der Waals surface area contributed by atoms with Crippen LogP contribution in [0.3, 0.4) is 0 Å². The Labute approximate surface area is 116 Å². The van der Waals surface area contributed by atoms with Crippen molar-refractivity contribution < 1.29 is 4.74 Å². The van der Waals surface area contributed by atoms with Crippen molar-refractivity contribution >= 4 is 28.9 Å². The van der Waals surface area contributed by atoms with E-state index < -0.39 is 0 Å². The van der Waals surface area contributed by atoms with Gasteiger partial charge in [0.15, 0.2) is 0 Å². The first-order valence-corrected chi connectivity index (χ1v) is 6.38. The molecule has 0 saturated carbocycles. The fourth-order valence-corrected chi connectivity index (χ4v) is 1.79. The fourth-order valence-electron chi connectivity index (χ4n) is 1.49. The molecule has 0 spiro atoms. The molecule has 2 nitrogen and oxygen atoms in total. The zero-order valence-electron chi connectivity index (χ0n) is 9.70. The summed E-state index contributed by atoms with van der Waals surface area (Å²) in [6.45, 7) is 1.29. The average Bonchev–Trinajstić information content (AvgIpc) is 2.40. The Morgan fingerprint density at radius 2 is 1.72 bits per heavy atom. The molecule has 2 aromatic rings. The molecule has 1 N–H and O–H groups in total. The van der Waals surface area contributed by atoms with Crippen molar-refractivity contribution in [3.05, 3.63) is 58.6 Å². The van der Waals surface area contributed by atoms with Crippen LogP contribution < -0.4 is 10.1 Å². The van der Waals surface area contributed by atoms with E-state index in [-0.39, 0.29) is 0 Å². The maximum absolute atomic E-state index is 5.92. The molecule has 0 fully saturated rings. The minimum absolute atomic E-state index is 0.547. The molecule has 0 aromatic heterocycles. The Balaban J connectivity index is 1.77. The third kappa shape index (κ3) is 3.83. The first kappa shape index (κ1) is 13.1. The summed E-state index contributed by atoms with van der Waals surface area (Å²) in [5.41, 5.74) is 0.932. The molecule has 0 aliphatic rings. The second-order valence-electron chi connectivity index (χ2n) is 3.72. The van der Waals surface area contributed by atoms with Crippen molar-refractivity contribution in [1.82, 2.24) is 0 Å². The highest BCUT2D eigenvalue weighted by atomic mass is 35.5. The number of halogens is 2. The number of hydrogen-bond acceptors (Lipinski definition) is 2. The summed E-state index contributed by atoms with van der Waals surface area (Å²) in [4.78, 5) is 0. The molecular formula is C14H13Cl2NO. The Morgan fingerprint density at radius 1 is 0.944 bits per heavy atom. The van der Waals surface area contributed by atoms with Gasteiger partial charge in [0, 0.05) is 12.2 Å². The zero-order chi connectivity index (χ0) is 12.8. The van der Waals surface area contributed by atoms with Crippen LogP contribution in [-0.4, -0.2) is 13.2 Å². The third-order valence-corrected chi connectivity index (χ3v) is 3.10. The van der Waals surface area contributed by atoms with Crippen LogP contribution in [0, 0.1) is 0 Å². The third-order valence-electron chi connectivity index (χ3n) is 2.36.